The van der Waals surface area contributed by atoms with Gasteiger partial charge in [0.2, 0.25) is 0 Å². The molecule has 0 atom stereocenters. The minimum Gasteiger partial charge on any atom is -0.334 e. The molecule has 0 aromatic carbocycles. The highest BCUT2D eigenvalue weighted by molar-refractivity contribution is 5.73. The zero-order chi connectivity index (χ0) is 14.8. The molecule has 2 rings (SSSR count). The first-order valence-corrected chi connectivity index (χ1v) is 6.17. The standard InChI is InChI=1S/C12H14F3N3O2/c13-12(14,15)6-17-11(20)16-5-8-4-7-2-1-3-9(7)18-10(8)19/h4H,1-3,5-6H2,(H,18,19)(H2,16,17,20). The van der Waals surface area contributed by atoms with Crippen molar-refractivity contribution in [1.82, 2.24) is 15.6 Å². The molecule has 8 heteroatoms. The lowest BCUT2D eigenvalue weighted by atomic mass is 10.1. The van der Waals surface area contributed by atoms with Crippen LogP contribution in [0, 0.1) is 0 Å². The average Bonchev–Trinajstić information content (AvgIpc) is 2.79. The lowest BCUT2D eigenvalue weighted by molar-refractivity contribution is -0.122. The molecule has 0 saturated heterocycles. The highest BCUT2D eigenvalue weighted by atomic mass is 19.4. The molecule has 1 aromatic rings. The van der Waals surface area contributed by atoms with E-state index in [4.69, 9.17) is 0 Å². The van der Waals surface area contributed by atoms with Gasteiger partial charge in [0.25, 0.3) is 5.56 Å². The van der Waals surface area contributed by atoms with Crippen LogP contribution in [0.5, 0.6) is 0 Å². The number of hydrogen-bond donors (Lipinski definition) is 3. The molecule has 20 heavy (non-hydrogen) atoms. The molecule has 0 spiro atoms. The van der Waals surface area contributed by atoms with Crippen molar-refractivity contribution in [2.24, 2.45) is 0 Å². The van der Waals surface area contributed by atoms with E-state index in [0.717, 1.165) is 30.5 Å². The maximum Gasteiger partial charge on any atom is 0.405 e. The summed E-state index contributed by atoms with van der Waals surface area (Å²) in [6.07, 6.45) is -1.81. The summed E-state index contributed by atoms with van der Waals surface area (Å²) in [5.74, 6) is 0. The van der Waals surface area contributed by atoms with Crippen molar-refractivity contribution >= 4 is 6.03 Å². The molecule has 0 bridgehead atoms. The topological polar surface area (TPSA) is 74.0 Å². The Morgan fingerprint density at radius 3 is 2.75 bits per heavy atom. The minimum absolute atomic E-state index is 0.105. The normalized spacial score (nSPS) is 13.9. The number of carbonyl (C=O) groups excluding carboxylic acids is 1. The molecule has 0 aliphatic heterocycles. The number of hydrogen-bond acceptors (Lipinski definition) is 2. The summed E-state index contributed by atoms with van der Waals surface area (Å²) in [4.78, 5) is 25.6. The third kappa shape index (κ3) is 3.75. The number of urea groups is 1. The second kappa shape index (κ2) is 5.56. The molecule has 110 valence electrons. The average molecular weight is 289 g/mol. The molecular formula is C12H14F3N3O2. The molecule has 0 radical (unpaired) electrons. The van der Waals surface area contributed by atoms with Crippen LogP contribution in [0.1, 0.15) is 23.2 Å². The second-order valence-corrected chi connectivity index (χ2v) is 4.63. The lowest BCUT2D eigenvalue weighted by Crippen LogP contribution is -2.41. The number of nitrogens with one attached hydrogen (secondary N) is 3. The van der Waals surface area contributed by atoms with Gasteiger partial charge in [-0.2, -0.15) is 13.2 Å². The minimum atomic E-state index is -4.46. The molecule has 1 aromatic heterocycles. The lowest BCUT2D eigenvalue weighted by Gasteiger charge is -2.10. The number of H-pyrrole nitrogens is 1. The fourth-order valence-electron chi connectivity index (χ4n) is 2.11. The molecule has 2 amide bonds. The number of carbonyl (C=O) groups is 1. The van der Waals surface area contributed by atoms with Crippen molar-refractivity contribution in [1.29, 1.82) is 0 Å². The van der Waals surface area contributed by atoms with Crippen molar-refractivity contribution in [2.75, 3.05) is 6.54 Å². The first-order valence-electron chi connectivity index (χ1n) is 6.17. The molecular weight excluding hydrogens is 275 g/mol. The summed E-state index contributed by atoms with van der Waals surface area (Å²) >= 11 is 0. The molecule has 1 aliphatic carbocycles. The van der Waals surface area contributed by atoms with E-state index in [0.29, 0.717) is 5.56 Å². The number of pyridine rings is 1. The Morgan fingerprint density at radius 2 is 2.05 bits per heavy atom. The summed E-state index contributed by atoms with van der Waals surface area (Å²) < 4.78 is 35.7. The van der Waals surface area contributed by atoms with E-state index in [9.17, 15) is 22.8 Å². The monoisotopic (exact) mass is 289 g/mol. The van der Waals surface area contributed by atoms with Gasteiger partial charge < -0.3 is 15.6 Å². The van der Waals surface area contributed by atoms with Crippen LogP contribution in [-0.4, -0.2) is 23.7 Å². The number of rotatable bonds is 3. The molecule has 3 N–H and O–H groups in total. The molecule has 0 fully saturated rings. The SMILES string of the molecule is O=C(NCc1cc2c([nH]c1=O)CCC2)NCC(F)(F)F. The number of halogens is 3. The zero-order valence-corrected chi connectivity index (χ0v) is 10.6. The maximum atomic E-state index is 11.9. The molecule has 1 aliphatic rings. The van der Waals surface area contributed by atoms with E-state index < -0.39 is 18.8 Å². The van der Waals surface area contributed by atoms with Gasteiger partial charge in [-0.15, -0.1) is 0 Å². The van der Waals surface area contributed by atoms with Crippen LogP contribution < -0.4 is 16.2 Å². The predicted molar refractivity (Wildman–Crippen MR) is 65.4 cm³/mol. The Balaban J connectivity index is 1.91. The van der Waals surface area contributed by atoms with Gasteiger partial charge in [-0.3, -0.25) is 4.79 Å². The van der Waals surface area contributed by atoms with Gasteiger partial charge in [0.05, 0.1) is 0 Å². The van der Waals surface area contributed by atoms with Crippen LogP contribution in [0.15, 0.2) is 10.9 Å². The van der Waals surface area contributed by atoms with Crippen LogP contribution in [0.3, 0.4) is 0 Å². The van der Waals surface area contributed by atoms with Crippen LogP contribution in [0.2, 0.25) is 0 Å². The fourth-order valence-corrected chi connectivity index (χ4v) is 2.11. The smallest absolute Gasteiger partial charge is 0.334 e. The van der Waals surface area contributed by atoms with Crippen molar-refractivity contribution in [3.05, 3.63) is 33.2 Å². The Labute approximate surface area is 112 Å². The summed E-state index contributed by atoms with van der Waals surface area (Å²) in [6.45, 7) is -1.51. The van der Waals surface area contributed by atoms with Crippen LogP contribution >= 0.6 is 0 Å². The summed E-state index contributed by atoms with van der Waals surface area (Å²) in [5.41, 5.74) is 1.95. The first kappa shape index (κ1) is 14.4. The number of aromatic nitrogens is 1. The Hall–Kier alpha value is -1.99. The van der Waals surface area contributed by atoms with E-state index in [1.165, 1.54) is 0 Å². The van der Waals surface area contributed by atoms with Gasteiger partial charge >= 0.3 is 12.2 Å². The van der Waals surface area contributed by atoms with Gasteiger partial charge in [-0.25, -0.2) is 4.79 Å². The van der Waals surface area contributed by atoms with Gasteiger partial charge in [-0.1, -0.05) is 0 Å². The number of aromatic amines is 1. The third-order valence-corrected chi connectivity index (χ3v) is 3.05. The quantitative estimate of drug-likeness (QED) is 0.783. The fraction of sp³-hybridized carbons (Fsp3) is 0.500. The molecule has 0 unspecified atom stereocenters. The van der Waals surface area contributed by atoms with Crippen LogP contribution in [-0.2, 0) is 19.4 Å². The Kier molecular flexibility index (Phi) is 4.01. The van der Waals surface area contributed by atoms with E-state index in [-0.39, 0.29) is 12.1 Å². The third-order valence-electron chi connectivity index (χ3n) is 3.05. The molecule has 0 saturated carbocycles. The summed E-state index contributed by atoms with van der Waals surface area (Å²) in [5, 5.41) is 3.91. The van der Waals surface area contributed by atoms with Crippen molar-refractivity contribution in [3.8, 4) is 0 Å². The second-order valence-electron chi connectivity index (χ2n) is 4.63. The Morgan fingerprint density at radius 1 is 1.30 bits per heavy atom. The van der Waals surface area contributed by atoms with Gasteiger partial charge in [0.1, 0.15) is 6.54 Å². The predicted octanol–water partition coefficient (Wildman–Crippen LogP) is 1.23. The largest absolute Gasteiger partial charge is 0.405 e. The van der Waals surface area contributed by atoms with Crippen LogP contribution in [0.4, 0.5) is 18.0 Å². The van der Waals surface area contributed by atoms with Gasteiger partial charge in [0.15, 0.2) is 0 Å². The van der Waals surface area contributed by atoms with E-state index in [1.54, 1.807) is 11.4 Å². The summed E-state index contributed by atoms with van der Waals surface area (Å²) in [7, 11) is 0. The number of alkyl halides is 3. The highest BCUT2D eigenvalue weighted by Gasteiger charge is 2.27. The zero-order valence-electron chi connectivity index (χ0n) is 10.6. The van der Waals surface area contributed by atoms with Crippen molar-refractivity contribution in [3.63, 3.8) is 0 Å². The molecule has 1 heterocycles. The Bertz CT molecular complexity index is 566. The summed E-state index contributed by atoms with van der Waals surface area (Å²) in [6, 6.07) is 0.743. The highest BCUT2D eigenvalue weighted by Crippen LogP contribution is 2.18. The first-order chi connectivity index (χ1) is 9.35. The number of amides is 2. The number of fused-ring (bicyclic) bond motifs is 1. The van der Waals surface area contributed by atoms with E-state index in [2.05, 4.69) is 10.3 Å². The number of aryl methyl sites for hydroxylation is 2. The van der Waals surface area contributed by atoms with Crippen molar-refractivity contribution < 1.29 is 18.0 Å². The van der Waals surface area contributed by atoms with Gasteiger partial charge in [0, 0.05) is 17.8 Å². The van der Waals surface area contributed by atoms with Crippen LogP contribution in [0.25, 0.3) is 0 Å². The maximum absolute atomic E-state index is 11.9. The molecule has 5 nitrogen and oxygen atoms in total. The van der Waals surface area contributed by atoms with E-state index in [1.807, 2.05) is 0 Å². The van der Waals surface area contributed by atoms with E-state index >= 15 is 0 Å². The van der Waals surface area contributed by atoms with Crippen molar-refractivity contribution in [2.45, 2.75) is 32.0 Å². The van der Waals surface area contributed by atoms with Gasteiger partial charge in [-0.05, 0) is 30.9 Å².